The van der Waals surface area contributed by atoms with Crippen LogP contribution in [0.2, 0.25) is 0 Å². The van der Waals surface area contributed by atoms with Gasteiger partial charge in [0.05, 0.1) is 20.3 Å². The summed E-state index contributed by atoms with van der Waals surface area (Å²) in [5.74, 6) is 2.18. The predicted molar refractivity (Wildman–Crippen MR) is 119 cm³/mol. The number of hydrogen-bond acceptors (Lipinski definition) is 4. The zero-order valence-corrected chi connectivity index (χ0v) is 19.1. The summed E-state index contributed by atoms with van der Waals surface area (Å²) in [7, 11) is 1.61. The molecule has 0 bridgehead atoms. The van der Waals surface area contributed by atoms with Gasteiger partial charge in [-0.15, -0.1) is 24.0 Å². The van der Waals surface area contributed by atoms with E-state index in [9.17, 15) is 13.2 Å². The third-order valence-corrected chi connectivity index (χ3v) is 4.26. The maximum absolute atomic E-state index is 12.5. The van der Waals surface area contributed by atoms with E-state index in [1.165, 1.54) is 4.90 Å². The molecule has 1 atom stereocenters. The number of methoxy groups -OCH3 is 1. The Morgan fingerprint density at radius 2 is 1.93 bits per heavy atom. The Bertz CT molecular complexity index is 614. The Morgan fingerprint density at radius 1 is 1.24 bits per heavy atom. The summed E-state index contributed by atoms with van der Waals surface area (Å²) in [6.45, 7) is 3.67. The predicted octanol–water partition coefficient (Wildman–Crippen LogP) is 3.27. The Balaban J connectivity index is 0.00000420. The van der Waals surface area contributed by atoms with Crippen molar-refractivity contribution in [1.29, 1.82) is 0 Å². The number of hydrogen-bond donors (Lipinski definition) is 2. The topological polar surface area (TPSA) is 58.1 Å². The normalized spacial score (nSPS) is 17.6. The van der Waals surface area contributed by atoms with Crippen LogP contribution in [0.1, 0.15) is 19.8 Å². The number of nitrogens with one attached hydrogen (secondary N) is 2. The molecule has 10 heteroatoms. The molecule has 0 spiro atoms. The summed E-state index contributed by atoms with van der Waals surface area (Å²) in [5.41, 5.74) is 0. The van der Waals surface area contributed by atoms with E-state index in [1.807, 2.05) is 31.2 Å². The van der Waals surface area contributed by atoms with Gasteiger partial charge in [-0.3, -0.25) is 9.89 Å². The van der Waals surface area contributed by atoms with Crippen LogP contribution in [-0.2, 0) is 0 Å². The number of halogens is 4. The number of likely N-dealkylation sites (tertiary alicyclic amines) is 1. The second-order valence-corrected chi connectivity index (χ2v) is 6.62. The Kier molecular flexibility index (Phi) is 11.5. The molecule has 0 amide bonds. The van der Waals surface area contributed by atoms with Crippen LogP contribution in [-0.4, -0.2) is 69.5 Å². The SMILES string of the molecule is CCNC(=NCCCOc1ccc(OC)cc1)NC1CCN(CC(F)(F)F)C1.I. The van der Waals surface area contributed by atoms with Crippen LogP contribution in [0.4, 0.5) is 13.2 Å². The van der Waals surface area contributed by atoms with E-state index < -0.39 is 12.7 Å². The lowest BCUT2D eigenvalue weighted by atomic mass is 10.3. The smallest absolute Gasteiger partial charge is 0.401 e. The summed E-state index contributed by atoms with van der Waals surface area (Å²) in [4.78, 5) is 5.91. The fourth-order valence-corrected chi connectivity index (χ4v) is 2.98. The Morgan fingerprint density at radius 3 is 2.55 bits per heavy atom. The maximum Gasteiger partial charge on any atom is 0.401 e. The minimum Gasteiger partial charge on any atom is -0.497 e. The monoisotopic (exact) mass is 530 g/mol. The van der Waals surface area contributed by atoms with Gasteiger partial charge in [0.25, 0.3) is 0 Å². The molecule has 1 heterocycles. The fourth-order valence-electron chi connectivity index (χ4n) is 2.98. The zero-order valence-electron chi connectivity index (χ0n) is 16.8. The summed E-state index contributed by atoms with van der Waals surface area (Å²) < 4.78 is 48.3. The molecule has 1 fully saturated rings. The van der Waals surface area contributed by atoms with Crippen molar-refractivity contribution in [3.8, 4) is 11.5 Å². The Labute approximate surface area is 187 Å². The van der Waals surface area contributed by atoms with Crippen molar-refractivity contribution < 1.29 is 22.6 Å². The summed E-state index contributed by atoms with van der Waals surface area (Å²) >= 11 is 0. The third kappa shape index (κ3) is 10.2. The highest BCUT2D eigenvalue weighted by molar-refractivity contribution is 14.0. The molecule has 29 heavy (non-hydrogen) atoms. The van der Waals surface area contributed by atoms with E-state index >= 15 is 0 Å². The van der Waals surface area contributed by atoms with Crippen LogP contribution in [0.3, 0.4) is 0 Å². The standard InChI is InChI=1S/C19H29F3N4O2.HI/c1-3-23-18(25-15-9-11-26(13-15)14-19(20,21)22)24-10-4-12-28-17-7-5-16(27-2)6-8-17;/h5-8,15H,3-4,9-14H2,1-2H3,(H2,23,24,25);1H. The van der Waals surface area contributed by atoms with Gasteiger partial charge in [-0.25, -0.2) is 0 Å². The van der Waals surface area contributed by atoms with E-state index in [0.717, 1.165) is 17.9 Å². The highest BCUT2D eigenvalue weighted by atomic mass is 127. The molecular formula is C19H30F3IN4O2. The van der Waals surface area contributed by atoms with E-state index in [-0.39, 0.29) is 30.0 Å². The van der Waals surface area contributed by atoms with Gasteiger partial charge in [0.1, 0.15) is 11.5 Å². The number of alkyl halides is 3. The lowest BCUT2D eigenvalue weighted by Crippen LogP contribution is -2.45. The van der Waals surface area contributed by atoms with Crippen LogP contribution < -0.4 is 20.1 Å². The van der Waals surface area contributed by atoms with Crippen molar-refractivity contribution >= 4 is 29.9 Å². The highest BCUT2D eigenvalue weighted by Gasteiger charge is 2.34. The molecule has 1 aromatic rings. The van der Waals surface area contributed by atoms with Crippen molar-refractivity contribution in [2.45, 2.75) is 32.0 Å². The number of ether oxygens (including phenoxy) is 2. The number of guanidine groups is 1. The second-order valence-electron chi connectivity index (χ2n) is 6.62. The van der Waals surface area contributed by atoms with E-state index in [2.05, 4.69) is 15.6 Å². The summed E-state index contributed by atoms with van der Waals surface area (Å²) in [6.07, 6.45) is -2.76. The minimum atomic E-state index is -4.16. The van der Waals surface area contributed by atoms with E-state index in [4.69, 9.17) is 9.47 Å². The first-order valence-electron chi connectivity index (χ1n) is 9.50. The number of nitrogens with zero attached hydrogens (tertiary/aromatic N) is 2. The quantitative estimate of drug-likeness (QED) is 0.222. The minimum absolute atomic E-state index is 0. The average Bonchev–Trinajstić information content (AvgIpc) is 3.07. The Hall–Kier alpha value is -1.43. The number of aliphatic imine (C=N–C) groups is 1. The van der Waals surface area contributed by atoms with Crippen molar-refractivity contribution in [3.05, 3.63) is 24.3 Å². The van der Waals surface area contributed by atoms with E-state index in [0.29, 0.717) is 45.2 Å². The lowest BCUT2D eigenvalue weighted by Gasteiger charge is -2.19. The van der Waals surface area contributed by atoms with Gasteiger partial charge >= 0.3 is 6.18 Å². The molecule has 0 saturated carbocycles. The molecular weight excluding hydrogens is 500 g/mol. The van der Waals surface area contributed by atoms with Crippen LogP contribution >= 0.6 is 24.0 Å². The van der Waals surface area contributed by atoms with Gasteiger partial charge in [-0.2, -0.15) is 13.2 Å². The first kappa shape index (κ1) is 25.6. The third-order valence-electron chi connectivity index (χ3n) is 4.26. The molecule has 0 aliphatic carbocycles. The van der Waals surface area contributed by atoms with Gasteiger partial charge in [0, 0.05) is 38.6 Å². The van der Waals surface area contributed by atoms with Gasteiger partial charge in [0.15, 0.2) is 5.96 Å². The average molecular weight is 530 g/mol. The van der Waals surface area contributed by atoms with Crippen LogP contribution in [0.5, 0.6) is 11.5 Å². The molecule has 6 nitrogen and oxygen atoms in total. The molecule has 166 valence electrons. The van der Waals surface area contributed by atoms with Gasteiger partial charge in [0.2, 0.25) is 0 Å². The van der Waals surface area contributed by atoms with Crippen molar-refractivity contribution in [2.24, 2.45) is 4.99 Å². The molecule has 1 aromatic carbocycles. The molecule has 0 radical (unpaired) electrons. The highest BCUT2D eigenvalue weighted by Crippen LogP contribution is 2.20. The van der Waals surface area contributed by atoms with Gasteiger partial charge < -0.3 is 20.1 Å². The van der Waals surface area contributed by atoms with Crippen molar-refractivity contribution in [1.82, 2.24) is 15.5 Å². The molecule has 1 saturated heterocycles. The first-order chi connectivity index (χ1) is 13.4. The number of benzene rings is 1. The number of rotatable bonds is 9. The molecule has 2 N–H and O–H groups in total. The molecule has 1 aliphatic heterocycles. The second kappa shape index (κ2) is 13.0. The van der Waals surface area contributed by atoms with Crippen LogP contribution in [0.15, 0.2) is 29.3 Å². The summed E-state index contributed by atoms with van der Waals surface area (Å²) in [5, 5.41) is 6.37. The van der Waals surface area contributed by atoms with Gasteiger partial charge in [-0.05, 0) is 37.6 Å². The largest absolute Gasteiger partial charge is 0.497 e. The van der Waals surface area contributed by atoms with Crippen molar-refractivity contribution in [3.63, 3.8) is 0 Å². The van der Waals surface area contributed by atoms with Crippen LogP contribution in [0, 0.1) is 0 Å². The van der Waals surface area contributed by atoms with Crippen molar-refractivity contribution in [2.75, 3.05) is 46.4 Å². The molecule has 1 aliphatic rings. The summed E-state index contributed by atoms with van der Waals surface area (Å²) in [6, 6.07) is 7.34. The molecule has 0 aromatic heterocycles. The van der Waals surface area contributed by atoms with E-state index in [1.54, 1.807) is 7.11 Å². The van der Waals surface area contributed by atoms with Gasteiger partial charge in [-0.1, -0.05) is 0 Å². The fraction of sp³-hybridized carbons (Fsp3) is 0.632. The zero-order chi connectivity index (χ0) is 20.4. The van der Waals surface area contributed by atoms with Crippen LogP contribution in [0.25, 0.3) is 0 Å². The molecule has 2 rings (SSSR count). The lowest BCUT2D eigenvalue weighted by molar-refractivity contribution is -0.143. The maximum atomic E-state index is 12.5. The molecule has 1 unspecified atom stereocenters. The first-order valence-corrected chi connectivity index (χ1v) is 9.50.